The van der Waals surface area contributed by atoms with Crippen molar-refractivity contribution in [3.8, 4) is 0 Å². The van der Waals surface area contributed by atoms with Gasteiger partial charge in [0.2, 0.25) is 5.82 Å². The summed E-state index contributed by atoms with van der Waals surface area (Å²) in [5, 5.41) is 19.9. The average molecular weight is 271 g/mol. The molecule has 0 radical (unpaired) electrons. The lowest BCUT2D eigenvalue weighted by Crippen LogP contribution is -2.13. The van der Waals surface area contributed by atoms with Crippen LogP contribution in [0.5, 0.6) is 0 Å². The highest BCUT2D eigenvalue weighted by Crippen LogP contribution is 2.00. The van der Waals surface area contributed by atoms with Crippen LogP contribution < -0.4 is 5.73 Å². The molecule has 3 N–H and O–H groups in total. The molecule has 7 heteroatoms. The third-order valence-electron chi connectivity index (χ3n) is 1.05. The van der Waals surface area contributed by atoms with Crippen LogP contribution in [0, 0.1) is 0 Å². The molecule has 0 spiro atoms. The Bertz CT molecular complexity index is 214. The van der Waals surface area contributed by atoms with Gasteiger partial charge in [-0.3, -0.25) is 0 Å². The van der Waals surface area contributed by atoms with E-state index in [1.54, 1.807) is 7.05 Å². The van der Waals surface area contributed by atoms with Gasteiger partial charge >= 0.3 is 0 Å². The van der Waals surface area contributed by atoms with Crippen LogP contribution in [0.1, 0.15) is 11.9 Å². The minimum atomic E-state index is -0.798. The third kappa shape index (κ3) is 2.67. The van der Waals surface area contributed by atoms with Crippen LogP contribution >= 0.6 is 24.0 Å². The molecule has 0 aliphatic rings. The lowest BCUT2D eigenvalue weighted by Gasteiger charge is -1.97. The molecule has 0 saturated heterocycles. The first-order chi connectivity index (χ1) is 4.74. The number of aliphatic hydroxyl groups excluding tert-OH is 1. The molecular weight excluding hydrogens is 261 g/mol. The molecule has 1 rings (SSSR count). The molecule has 1 unspecified atom stereocenters. The molecule has 1 heterocycles. The maximum absolute atomic E-state index is 9.04. The Morgan fingerprint density at radius 1 is 1.73 bits per heavy atom. The first-order valence-electron chi connectivity index (χ1n) is 2.86. The van der Waals surface area contributed by atoms with Gasteiger partial charge in [0, 0.05) is 6.54 Å². The van der Waals surface area contributed by atoms with E-state index in [4.69, 9.17) is 10.8 Å². The quantitative estimate of drug-likeness (QED) is 0.661. The summed E-state index contributed by atoms with van der Waals surface area (Å²) >= 11 is 0. The topological polar surface area (TPSA) is 89.8 Å². The van der Waals surface area contributed by atoms with Gasteiger partial charge in [-0.2, -0.15) is 4.80 Å². The number of rotatable bonds is 2. The van der Waals surface area contributed by atoms with Crippen molar-refractivity contribution in [1.29, 1.82) is 0 Å². The number of nitrogens with zero attached hydrogens (tertiary/aromatic N) is 4. The molecular formula is C4H10IN5O. The van der Waals surface area contributed by atoms with E-state index in [1.807, 2.05) is 0 Å². The minimum absolute atomic E-state index is 0. The van der Waals surface area contributed by atoms with E-state index in [0.717, 1.165) is 0 Å². The molecule has 64 valence electrons. The Kier molecular flexibility index (Phi) is 4.45. The SMILES string of the molecule is Cn1nnc(C(O)CN)n1.I. The fourth-order valence-corrected chi connectivity index (χ4v) is 0.538. The van der Waals surface area contributed by atoms with E-state index in [-0.39, 0.29) is 36.3 Å². The molecule has 1 aromatic heterocycles. The molecule has 1 atom stereocenters. The predicted molar refractivity (Wildman–Crippen MR) is 48.2 cm³/mol. The smallest absolute Gasteiger partial charge is 0.204 e. The van der Waals surface area contributed by atoms with Gasteiger partial charge in [-0.05, 0) is 5.21 Å². The third-order valence-corrected chi connectivity index (χ3v) is 1.05. The number of aryl methyl sites for hydroxylation is 1. The molecule has 0 fully saturated rings. The molecule has 6 nitrogen and oxygen atoms in total. The largest absolute Gasteiger partial charge is 0.384 e. The summed E-state index contributed by atoms with van der Waals surface area (Å²) in [5.74, 6) is 0.269. The van der Waals surface area contributed by atoms with Crippen LogP contribution in [-0.4, -0.2) is 31.9 Å². The number of hydrogen-bond donors (Lipinski definition) is 2. The van der Waals surface area contributed by atoms with Gasteiger partial charge in [-0.25, -0.2) is 0 Å². The van der Waals surface area contributed by atoms with Crippen molar-refractivity contribution in [2.45, 2.75) is 6.10 Å². The first-order valence-corrected chi connectivity index (χ1v) is 2.86. The first kappa shape index (κ1) is 10.7. The molecule has 1 aromatic rings. The van der Waals surface area contributed by atoms with Gasteiger partial charge < -0.3 is 10.8 Å². The predicted octanol–water partition coefficient (Wildman–Crippen LogP) is -1.18. The van der Waals surface area contributed by atoms with Crippen LogP contribution in [0.25, 0.3) is 0 Å². The number of nitrogens with two attached hydrogens (primary N) is 1. The fourth-order valence-electron chi connectivity index (χ4n) is 0.538. The van der Waals surface area contributed by atoms with Crippen molar-refractivity contribution in [3.63, 3.8) is 0 Å². The normalized spacial score (nSPS) is 12.3. The van der Waals surface area contributed by atoms with E-state index in [1.165, 1.54) is 4.80 Å². The summed E-state index contributed by atoms with van der Waals surface area (Å²) in [5.41, 5.74) is 5.15. The van der Waals surface area contributed by atoms with Gasteiger partial charge in [-0.1, -0.05) is 0 Å². The summed E-state index contributed by atoms with van der Waals surface area (Å²) in [6, 6.07) is 0. The van der Waals surface area contributed by atoms with Crippen LogP contribution in [0.3, 0.4) is 0 Å². The Labute approximate surface area is 80.8 Å². The molecule has 0 aromatic carbocycles. The second-order valence-corrected chi connectivity index (χ2v) is 1.89. The fraction of sp³-hybridized carbons (Fsp3) is 0.750. The summed E-state index contributed by atoms with van der Waals surface area (Å²) < 4.78 is 0. The number of hydrogen-bond acceptors (Lipinski definition) is 5. The van der Waals surface area contributed by atoms with Gasteiger partial charge in [0.1, 0.15) is 6.10 Å². The molecule has 0 saturated carbocycles. The Hall–Kier alpha value is -0.280. The van der Waals surface area contributed by atoms with Crippen molar-refractivity contribution in [3.05, 3.63) is 5.82 Å². The average Bonchev–Trinajstić information content (AvgIpc) is 2.34. The van der Waals surface area contributed by atoms with E-state index < -0.39 is 6.10 Å². The van der Waals surface area contributed by atoms with E-state index >= 15 is 0 Å². The van der Waals surface area contributed by atoms with Crippen molar-refractivity contribution < 1.29 is 5.11 Å². The Morgan fingerprint density at radius 2 is 2.36 bits per heavy atom. The highest BCUT2D eigenvalue weighted by molar-refractivity contribution is 14.0. The standard InChI is InChI=1S/C4H9N5O.HI/c1-9-7-4(6-8-9)3(10)2-5;/h3,10H,2,5H2,1H3;1H. The van der Waals surface area contributed by atoms with Crippen LogP contribution in [-0.2, 0) is 7.05 Å². The van der Waals surface area contributed by atoms with Gasteiger partial charge in [0.05, 0.1) is 7.05 Å². The van der Waals surface area contributed by atoms with Crippen LogP contribution in [0.15, 0.2) is 0 Å². The van der Waals surface area contributed by atoms with Gasteiger partial charge in [-0.15, -0.1) is 34.2 Å². The number of aliphatic hydroxyl groups is 1. The summed E-state index contributed by atoms with van der Waals surface area (Å²) in [6.45, 7) is 0.117. The van der Waals surface area contributed by atoms with Gasteiger partial charge in [0.25, 0.3) is 0 Å². The summed E-state index contributed by atoms with van der Waals surface area (Å²) in [7, 11) is 1.62. The van der Waals surface area contributed by atoms with Crippen molar-refractivity contribution in [2.24, 2.45) is 12.8 Å². The minimum Gasteiger partial charge on any atom is -0.384 e. The van der Waals surface area contributed by atoms with Gasteiger partial charge in [0.15, 0.2) is 0 Å². The second-order valence-electron chi connectivity index (χ2n) is 1.89. The van der Waals surface area contributed by atoms with Crippen molar-refractivity contribution >= 4 is 24.0 Å². The lowest BCUT2D eigenvalue weighted by molar-refractivity contribution is 0.176. The number of aromatic nitrogens is 4. The molecule has 11 heavy (non-hydrogen) atoms. The van der Waals surface area contributed by atoms with Crippen LogP contribution in [0.2, 0.25) is 0 Å². The van der Waals surface area contributed by atoms with E-state index in [9.17, 15) is 0 Å². The molecule has 0 aliphatic heterocycles. The van der Waals surface area contributed by atoms with Crippen molar-refractivity contribution in [2.75, 3.05) is 6.54 Å². The number of tetrazole rings is 1. The molecule has 0 bridgehead atoms. The van der Waals surface area contributed by atoms with E-state index in [2.05, 4.69) is 15.4 Å². The zero-order chi connectivity index (χ0) is 7.56. The van der Waals surface area contributed by atoms with Crippen LogP contribution in [0.4, 0.5) is 0 Å². The number of halogens is 1. The maximum Gasteiger partial charge on any atom is 0.204 e. The molecule has 0 aliphatic carbocycles. The highest BCUT2D eigenvalue weighted by Gasteiger charge is 2.09. The summed E-state index contributed by atoms with van der Waals surface area (Å²) in [6.07, 6.45) is -0.798. The Balaban J connectivity index is 0.000001000. The zero-order valence-corrected chi connectivity index (χ0v) is 8.34. The monoisotopic (exact) mass is 271 g/mol. The Morgan fingerprint density at radius 3 is 2.73 bits per heavy atom. The summed E-state index contributed by atoms with van der Waals surface area (Å²) in [4.78, 5) is 1.27. The molecule has 0 amide bonds. The van der Waals surface area contributed by atoms with Crippen molar-refractivity contribution in [1.82, 2.24) is 20.2 Å². The lowest BCUT2D eigenvalue weighted by atomic mass is 10.3. The zero-order valence-electron chi connectivity index (χ0n) is 6.01. The highest BCUT2D eigenvalue weighted by atomic mass is 127. The maximum atomic E-state index is 9.04. The second kappa shape index (κ2) is 4.57. The van der Waals surface area contributed by atoms with E-state index in [0.29, 0.717) is 0 Å².